The summed E-state index contributed by atoms with van der Waals surface area (Å²) in [4.78, 5) is 13.5. The summed E-state index contributed by atoms with van der Waals surface area (Å²) in [6, 6.07) is 0. The van der Waals surface area contributed by atoms with Crippen molar-refractivity contribution in [1.29, 1.82) is 0 Å². The third kappa shape index (κ3) is 3.96. The van der Waals surface area contributed by atoms with E-state index in [-0.39, 0.29) is 6.09 Å². The Balaban J connectivity index is 1.74. The maximum atomic E-state index is 11.8. The molecule has 6 heteroatoms. The smallest absolute Gasteiger partial charge is 0.410 e. The van der Waals surface area contributed by atoms with Gasteiger partial charge in [-0.05, 0) is 27.8 Å². The Morgan fingerprint density at radius 2 is 2.20 bits per heavy atom. The summed E-state index contributed by atoms with van der Waals surface area (Å²) in [6.07, 6.45) is 3.71. The Morgan fingerprint density at radius 1 is 1.50 bits per heavy atom. The van der Waals surface area contributed by atoms with Gasteiger partial charge in [-0.2, -0.15) is 5.10 Å². The van der Waals surface area contributed by atoms with Crippen LogP contribution in [0.15, 0.2) is 12.4 Å². The first kappa shape index (κ1) is 14.8. The van der Waals surface area contributed by atoms with Gasteiger partial charge >= 0.3 is 6.09 Å². The predicted molar refractivity (Wildman–Crippen MR) is 76.3 cm³/mol. The van der Waals surface area contributed by atoms with Gasteiger partial charge in [0.2, 0.25) is 0 Å². The van der Waals surface area contributed by atoms with Gasteiger partial charge in [0.25, 0.3) is 0 Å². The van der Waals surface area contributed by atoms with Gasteiger partial charge in [-0.25, -0.2) is 4.79 Å². The molecule has 0 aromatic carbocycles. The first-order valence-corrected chi connectivity index (χ1v) is 7.01. The minimum atomic E-state index is -0.424. The van der Waals surface area contributed by atoms with Crippen LogP contribution < -0.4 is 5.32 Å². The molecule has 1 saturated heterocycles. The number of carbonyl (C=O) groups is 1. The van der Waals surface area contributed by atoms with Crippen molar-refractivity contribution in [2.75, 3.05) is 20.1 Å². The molecule has 1 amide bonds. The lowest BCUT2D eigenvalue weighted by atomic mass is 10.0. The van der Waals surface area contributed by atoms with E-state index in [1.54, 1.807) is 4.90 Å². The van der Waals surface area contributed by atoms with Crippen molar-refractivity contribution in [3.05, 3.63) is 18.0 Å². The summed E-state index contributed by atoms with van der Waals surface area (Å²) in [6.45, 7) is 8.82. The summed E-state index contributed by atoms with van der Waals surface area (Å²) in [5, 5.41) is 7.43. The molecule has 0 aliphatic carbocycles. The number of carbonyl (C=O) groups excluding carboxylic acids is 1. The van der Waals surface area contributed by atoms with E-state index < -0.39 is 5.60 Å². The van der Waals surface area contributed by atoms with Crippen molar-refractivity contribution in [1.82, 2.24) is 20.0 Å². The van der Waals surface area contributed by atoms with E-state index >= 15 is 0 Å². The zero-order valence-corrected chi connectivity index (χ0v) is 12.7. The lowest BCUT2D eigenvalue weighted by molar-refractivity contribution is -0.00383. The number of nitrogens with zero attached hydrogens (tertiary/aromatic N) is 3. The van der Waals surface area contributed by atoms with Gasteiger partial charge in [-0.15, -0.1) is 0 Å². The first-order valence-electron chi connectivity index (χ1n) is 7.01. The van der Waals surface area contributed by atoms with Gasteiger partial charge in [-0.3, -0.25) is 4.68 Å². The Labute approximate surface area is 120 Å². The fourth-order valence-corrected chi connectivity index (χ4v) is 2.23. The van der Waals surface area contributed by atoms with Crippen LogP contribution in [-0.4, -0.2) is 46.5 Å². The molecule has 0 bridgehead atoms. The van der Waals surface area contributed by atoms with Gasteiger partial charge in [0.05, 0.1) is 6.20 Å². The summed E-state index contributed by atoms with van der Waals surface area (Å²) in [5.41, 5.74) is 0.752. The molecule has 112 valence electrons. The standard InChI is InChI=1S/C14H24N4O2/c1-14(2,3)20-13(19)17-7-12(8-17)10-18-9-11(5-15-4)6-16-18/h6,9,12,15H,5,7-8,10H2,1-4H3. The maximum absolute atomic E-state index is 11.8. The molecule has 1 aliphatic heterocycles. The monoisotopic (exact) mass is 280 g/mol. The van der Waals surface area contributed by atoms with Crippen molar-refractivity contribution in [3.63, 3.8) is 0 Å². The second-order valence-electron chi connectivity index (χ2n) is 6.35. The van der Waals surface area contributed by atoms with E-state index in [9.17, 15) is 4.79 Å². The fraction of sp³-hybridized carbons (Fsp3) is 0.714. The molecule has 1 aromatic heterocycles. The van der Waals surface area contributed by atoms with Crippen molar-refractivity contribution >= 4 is 6.09 Å². The van der Waals surface area contributed by atoms with Crippen molar-refractivity contribution < 1.29 is 9.53 Å². The van der Waals surface area contributed by atoms with Crippen LogP contribution in [0.2, 0.25) is 0 Å². The molecule has 0 spiro atoms. The van der Waals surface area contributed by atoms with Crippen LogP contribution in [0, 0.1) is 5.92 Å². The number of rotatable bonds is 4. The van der Waals surface area contributed by atoms with Gasteiger partial charge in [0.15, 0.2) is 0 Å². The average Bonchev–Trinajstić information content (AvgIpc) is 2.68. The Morgan fingerprint density at radius 3 is 2.80 bits per heavy atom. The highest BCUT2D eigenvalue weighted by atomic mass is 16.6. The molecule has 0 radical (unpaired) electrons. The lowest BCUT2D eigenvalue weighted by Gasteiger charge is -2.39. The minimum absolute atomic E-state index is 0.218. The van der Waals surface area contributed by atoms with Crippen molar-refractivity contribution in [2.24, 2.45) is 5.92 Å². The van der Waals surface area contributed by atoms with Crippen molar-refractivity contribution in [2.45, 2.75) is 39.5 Å². The number of hydrogen-bond acceptors (Lipinski definition) is 4. The Kier molecular flexibility index (Phi) is 4.32. The molecule has 0 saturated carbocycles. The molecular weight excluding hydrogens is 256 g/mol. The normalized spacial score (nSPS) is 16.1. The van der Waals surface area contributed by atoms with Crippen LogP contribution in [0.1, 0.15) is 26.3 Å². The number of likely N-dealkylation sites (tertiary alicyclic amines) is 1. The molecule has 0 unspecified atom stereocenters. The third-order valence-electron chi connectivity index (χ3n) is 3.12. The molecule has 0 atom stereocenters. The zero-order chi connectivity index (χ0) is 14.8. The number of hydrogen-bond donors (Lipinski definition) is 1. The van der Waals surface area contributed by atoms with E-state index in [0.29, 0.717) is 5.92 Å². The van der Waals surface area contributed by atoms with Crippen molar-refractivity contribution in [3.8, 4) is 0 Å². The topological polar surface area (TPSA) is 59.4 Å². The number of ether oxygens (including phenoxy) is 1. The van der Waals surface area contributed by atoms with E-state index in [2.05, 4.69) is 10.4 Å². The summed E-state index contributed by atoms with van der Waals surface area (Å²) in [7, 11) is 1.92. The second-order valence-corrected chi connectivity index (χ2v) is 6.35. The van der Waals surface area contributed by atoms with Crippen LogP contribution in [0.3, 0.4) is 0 Å². The van der Waals surface area contributed by atoms with E-state index in [1.807, 2.05) is 44.9 Å². The Hall–Kier alpha value is -1.56. The van der Waals surface area contributed by atoms with Crippen LogP contribution >= 0.6 is 0 Å². The molecule has 2 rings (SSSR count). The quantitative estimate of drug-likeness (QED) is 0.907. The predicted octanol–water partition coefficient (Wildman–Crippen LogP) is 1.47. The highest BCUT2D eigenvalue weighted by Crippen LogP contribution is 2.20. The van der Waals surface area contributed by atoms with Gasteiger partial charge in [-0.1, -0.05) is 0 Å². The SMILES string of the molecule is CNCc1cnn(CC2CN(C(=O)OC(C)(C)C)C2)c1. The van der Waals surface area contributed by atoms with E-state index in [1.165, 1.54) is 5.56 Å². The third-order valence-corrected chi connectivity index (χ3v) is 3.12. The molecular formula is C14H24N4O2. The molecule has 1 aliphatic rings. The number of amides is 1. The maximum Gasteiger partial charge on any atom is 0.410 e. The average molecular weight is 280 g/mol. The molecule has 20 heavy (non-hydrogen) atoms. The Bertz CT molecular complexity index is 458. The second kappa shape index (κ2) is 5.83. The molecule has 1 fully saturated rings. The number of nitrogens with one attached hydrogen (secondary N) is 1. The van der Waals surface area contributed by atoms with E-state index in [0.717, 1.165) is 26.2 Å². The highest BCUT2D eigenvalue weighted by molar-refractivity contribution is 5.69. The first-order chi connectivity index (χ1) is 9.37. The van der Waals surface area contributed by atoms with Crippen LogP contribution in [0.25, 0.3) is 0 Å². The van der Waals surface area contributed by atoms with Crippen LogP contribution in [-0.2, 0) is 17.8 Å². The molecule has 1 aromatic rings. The molecule has 1 N–H and O–H groups in total. The summed E-state index contributed by atoms with van der Waals surface area (Å²) >= 11 is 0. The summed E-state index contributed by atoms with van der Waals surface area (Å²) in [5.74, 6) is 0.463. The van der Waals surface area contributed by atoms with Gasteiger partial charge in [0, 0.05) is 43.9 Å². The zero-order valence-electron chi connectivity index (χ0n) is 12.7. The van der Waals surface area contributed by atoms with Crippen LogP contribution in [0.5, 0.6) is 0 Å². The summed E-state index contributed by atoms with van der Waals surface area (Å²) < 4.78 is 7.28. The largest absolute Gasteiger partial charge is 0.444 e. The van der Waals surface area contributed by atoms with E-state index in [4.69, 9.17) is 4.74 Å². The number of aromatic nitrogens is 2. The highest BCUT2D eigenvalue weighted by Gasteiger charge is 2.33. The van der Waals surface area contributed by atoms with Gasteiger partial charge < -0.3 is 15.0 Å². The fourth-order valence-electron chi connectivity index (χ4n) is 2.23. The molecule has 6 nitrogen and oxygen atoms in total. The van der Waals surface area contributed by atoms with Gasteiger partial charge in [0.1, 0.15) is 5.60 Å². The lowest BCUT2D eigenvalue weighted by Crippen LogP contribution is -2.52. The van der Waals surface area contributed by atoms with Crippen LogP contribution in [0.4, 0.5) is 4.79 Å². The molecule has 2 heterocycles. The minimum Gasteiger partial charge on any atom is -0.444 e.